The van der Waals surface area contributed by atoms with Crippen molar-refractivity contribution in [3.63, 3.8) is 0 Å². The van der Waals surface area contributed by atoms with E-state index < -0.39 is 0 Å². The molecule has 4 nitrogen and oxygen atoms in total. The van der Waals surface area contributed by atoms with Crippen LogP contribution in [0.3, 0.4) is 0 Å². The third-order valence-corrected chi connectivity index (χ3v) is 4.69. The molecule has 4 rings (SSSR count). The Hall–Kier alpha value is -2.88. The number of carbonyl (C=O) groups is 1. The molecule has 4 heteroatoms. The molecule has 0 saturated carbocycles. The number of rotatable bonds is 2. The molecule has 0 saturated heterocycles. The molecule has 2 heterocycles. The maximum absolute atomic E-state index is 12.7. The summed E-state index contributed by atoms with van der Waals surface area (Å²) in [7, 11) is 0. The van der Waals surface area contributed by atoms with Gasteiger partial charge in [-0.3, -0.25) is 9.59 Å². The van der Waals surface area contributed by atoms with Gasteiger partial charge in [0.25, 0.3) is 0 Å². The monoisotopic (exact) mass is 318 g/mol. The molecule has 0 atom stereocenters. The molecule has 0 fully saturated rings. The number of hydrogen-bond acceptors (Lipinski definition) is 2. The second kappa shape index (κ2) is 5.96. The van der Waals surface area contributed by atoms with Crippen molar-refractivity contribution in [2.24, 2.45) is 0 Å². The van der Waals surface area contributed by atoms with Gasteiger partial charge in [-0.25, -0.2) is 0 Å². The van der Waals surface area contributed by atoms with Crippen LogP contribution in [0.25, 0.3) is 10.8 Å². The number of hydrogen-bond donors (Lipinski definition) is 1. The molecule has 24 heavy (non-hydrogen) atoms. The van der Waals surface area contributed by atoms with Crippen LogP contribution in [0.15, 0.2) is 59.5 Å². The first kappa shape index (κ1) is 14.7. The van der Waals surface area contributed by atoms with Gasteiger partial charge in [0, 0.05) is 25.4 Å². The van der Waals surface area contributed by atoms with E-state index in [-0.39, 0.29) is 11.5 Å². The standard InChI is InChI=1S/C20H18N2O2/c23-19-10-15-8-9-22(13-17(15)12-21-19)20(24)11-16-6-3-5-14-4-1-2-7-18(14)16/h1-7,10,12H,8-9,11,13H2,(H,21,23). The molecule has 0 unspecified atom stereocenters. The van der Waals surface area contributed by atoms with Gasteiger partial charge in [-0.05, 0) is 33.9 Å². The Morgan fingerprint density at radius 2 is 1.92 bits per heavy atom. The van der Waals surface area contributed by atoms with E-state index in [2.05, 4.69) is 23.2 Å². The molecule has 0 radical (unpaired) electrons. The van der Waals surface area contributed by atoms with Crippen molar-refractivity contribution in [2.45, 2.75) is 19.4 Å². The zero-order valence-electron chi connectivity index (χ0n) is 13.3. The van der Waals surface area contributed by atoms with E-state index in [0.29, 0.717) is 19.5 Å². The minimum Gasteiger partial charge on any atom is -0.338 e. The third-order valence-electron chi connectivity index (χ3n) is 4.69. The molecular weight excluding hydrogens is 300 g/mol. The van der Waals surface area contributed by atoms with Gasteiger partial charge in [0.2, 0.25) is 11.5 Å². The molecule has 0 aliphatic carbocycles. The number of H-pyrrole nitrogens is 1. The van der Waals surface area contributed by atoms with Crippen molar-refractivity contribution < 1.29 is 4.79 Å². The van der Waals surface area contributed by atoms with E-state index in [9.17, 15) is 9.59 Å². The number of nitrogens with one attached hydrogen (secondary N) is 1. The third kappa shape index (κ3) is 2.71. The van der Waals surface area contributed by atoms with Crippen LogP contribution in [0.1, 0.15) is 16.7 Å². The Kier molecular flexibility index (Phi) is 3.65. The van der Waals surface area contributed by atoms with Gasteiger partial charge in [-0.1, -0.05) is 42.5 Å². The van der Waals surface area contributed by atoms with Crippen LogP contribution in [-0.4, -0.2) is 22.3 Å². The lowest BCUT2D eigenvalue weighted by Gasteiger charge is -2.28. The van der Waals surface area contributed by atoms with Crippen molar-refractivity contribution >= 4 is 16.7 Å². The number of nitrogens with zero attached hydrogens (tertiary/aromatic N) is 1. The van der Waals surface area contributed by atoms with Crippen molar-refractivity contribution in [1.29, 1.82) is 0 Å². The average Bonchev–Trinajstić information content (AvgIpc) is 2.61. The summed E-state index contributed by atoms with van der Waals surface area (Å²) in [5.41, 5.74) is 3.06. The number of fused-ring (bicyclic) bond motifs is 2. The van der Waals surface area contributed by atoms with Crippen LogP contribution in [0.4, 0.5) is 0 Å². The van der Waals surface area contributed by atoms with Crippen LogP contribution in [0.5, 0.6) is 0 Å². The Balaban J connectivity index is 1.56. The van der Waals surface area contributed by atoms with Crippen molar-refractivity contribution in [1.82, 2.24) is 9.88 Å². The summed E-state index contributed by atoms with van der Waals surface area (Å²) in [5, 5.41) is 2.29. The highest BCUT2D eigenvalue weighted by atomic mass is 16.2. The fourth-order valence-electron chi connectivity index (χ4n) is 3.40. The van der Waals surface area contributed by atoms with Crippen LogP contribution in [0.2, 0.25) is 0 Å². The summed E-state index contributed by atoms with van der Waals surface area (Å²) in [6.45, 7) is 1.23. The SMILES string of the molecule is O=C(Cc1cccc2ccccc12)N1CCc2cc(=O)[nH]cc2C1. The van der Waals surface area contributed by atoms with Gasteiger partial charge < -0.3 is 9.88 Å². The zero-order chi connectivity index (χ0) is 16.5. The maximum atomic E-state index is 12.7. The smallest absolute Gasteiger partial charge is 0.248 e. The highest BCUT2D eigenvalue weighted by molar-refractivity contribution is 5.90. The molecular formula is C20H18N2O2. The van der Waals surface area contributed by atoms with Crippen molar-refractivity contribution in [3.8, 4) is 0 Å². The number of pyridine rings is 1. The first-order valence-corrected chi connectivity index (χ1v) is 8.15. The topological polar surface area (TPSA) is 53.2 Å². The Bertz CT molecular complexity index is 969. The second-order valence-electron chi connectivity index (χ2n) is 6.23. The summed E-state index contributed by atoms with van der Waals surface area (Å²) in [5.74, 6) is 0.128. The molecule has 0 bridgehead atoms. The van der Waals surface area contributed by atoms with Gasteiger partial charge in [0.1, 0.15) is 0 Å². The first-order valence-electron chi connectivity index (χ1n) is 8.15. The molecule has 1 aliphatic heterocycles. The Labute approximate surface area is 139 Å². The van der Waals surface area contributed by atoms with E-state index in [1.54, 1.807) is 12.3 Å². The van der Waals surface area contributed by atoms with E-state index >= 15 is 0 Å². The normalized spacial score (nSPS) is 13.8. The van der Waals surface area contributed by atoms with E-state index in [0.717, 1.165) is 33.9 Å². The second-order valence-corrected chi connectivity index (χ2v) is 6.23. The fraction of sp³-hybridized carbons (Fsp3) is 0.200. The van der Waals surface area contributed by atoms with Crippen molar-refractivity contribution in [3.05, 3.63) is 81.8 Å². The summed E-state index contributed by atoms with van der Waals surface area (Å²) < 4.78 is 0. The summed E-state index contributed by atoms with van der Waals surface area (Å²) in [6.07, 6.45) is 2.87. The number of amides is 1. The largest absolute Gasteiger partial charge is 0.338 e. The van der Waals surface area contributed by atoms with Crippen LogP contribution < -0.4 is 5.56 Å². The van der Waals surface area contributed by atoms with Crippen LogP contribution >= 0.6 is 0 Å². The molecule has 2 aromatic carbocycles. The lowest BCUT2D eigenvalue weighted by Crippen LogP contribution is -2.37. The van der Waals surface area contributed by atoms with E-state index in [4.69, 9.17) is 0 Å². The number of benzene rings is 2. The first-order chi connectivity index (χ1) is 11.7. The van der Waals surface area contributed by atoms with Crippen LogP contribution in [0, 0.1) is 0 Å². The Morgan fingerprint density at radius 1 is 1.08 bits per heavy atom. The average molecular weight is 318 g/mol. The number of aromatic nitrogens is 1. The summed E-state index contributed by atoms with van der Waals surface area (Å²) in [6, 6.07) is 15.9. The van der Waals surface area contributed by atoms with Gasteiger partial charge in [-0.2, -0.15) is 0 Å². The quantitative estimate of drug-likeness (QED) is 0.790. The molecule has 1 aromatic heterocycles. The van der Waals surface area contributed by atoms with E-state index in [1.165, 1.54) is 0 Å². The summed E-state index contributed by atoms with van der Waals surface area (Å²) >= 11 is 0. The molecule has 120 valence electrons. The van der Waals surface area contributed by atoms with Gasteiger partial charge >= 0.3 is 0 Å². The Morgan fingerprint density at radius 3 is 2.83 bits per heavy atom. The predicted octanol–water partition coefficient (Wildman–Crippen LogP) is 2.66. The van der Waals surface area contributed by atoms with Gasteiger partial charge in [0.05, 0.1) is 6.42 Å². The highest BCUT2D eigenvalue weighted by Crippen LogP contribution is 2.21. The minimum absolute atomic E-state index is 0.0794. The molecule has 1 amide bonds. The summed E-state index contributed by atoms with van der Waals surface area (Å²) in [4.78, 5) is 28.7. The molecule has 3 aromatic rings. The predicted molar refractivity (Wildman–Crippen MR) is 93.8 cm³/mol. The number of carbonyl (C=O) groups excluding carboxylic acids is 1. The van der Waals surface area contributed by atoms with Crippen molar-refractivity contribution in [2.75, 3.05) is 6.54 Å². The molecule has 1 N–H and O–H groups in total. The van der Waals surface area contributed by atoms with E-state index in [1.807, 2.05) is 29.2 Å². The van der Waals surface area contributed by atoms with Crippen LogP contribution in [-0.2, 0) is 24.2 Å². The van der Waals surface area contributed by atoms with Gasteiger partial charge in [0.15, 0.2) is 0 Å². The lowest BCUT2D eigenvalue weighted by molar-refractivity contribution is -0.131. The zero-order valence-corrected chi connectivity index (χ0v) is 13.3. The lowest BCUT2D eigenvalue weighted by atomic mass is 9.99. The molecule has 0 spiro atoms. The fourth-order valence-corrected chi connectivity index (χ4v) is 3.40. The minimum atomic E-state index is -0.0794. The highest BCUT2D eigenvalue weighted by Gasteiger charge is 2.21. The van der Waals surface area contributed by atoms with Gasteiger partial charge in [-0.15, -0.1) is 0 Å². The molecule has 1 aliphatic rings. The number of aromatic amines is 1. The maximum Gasteiger partial charge on any atom is 0.248 e.